The number of hydrogen-bond donors (Lipinski definition) is 2. The monoisotopic (exact) mass is 529 g/mol. The quantitative estimate of drug-likeness (QED) is 0.305. The Balaban J connectivity index is 1.39. The van der Waals surface area contributed by atoms with Crippen LogP contribution in [0.2, 0.25) is 10.0 Å². The highest BCUT2D eigenvalue weighted by Gasteiger charge is 2.48. The van der Waals surface area contributed by atoms with Gasteiger partial charge in [-0.3, -0.25) is 4.79 Å². The van der Waals surface area contributed by atoms with Gasteiger partial charge in [-0.1, -0.05) is 41.4 Å². The highest BCUT2D eigenvalue weighted by molar-refractivity contribution is 6.36. The van der Waals surface area contributed by atoms with E-state index in [4.69, 9.17) is 33.6 Å². The van der Waals surface area contributed by atoms with E-state index in [9.17, 15) is 4.79 Å². The fourth-order valence-electron chi connectivity index (χ4n) is 7.29. The van der Waals surface area contributed by atoms with E-state index in [1.165, 1.54) is 36.6 Å². The van der Waals surface area contributed by atoms with Crippen LogP contribution in [-0.2, 0) is 0 Å². The highest BCUT2D eigenvalue weighted by atomic mass is 35.5. The van der Waals surface area contributed by atoms with Crippen LogP contribution in [0.1, 0.15) is 37.7 Å². The molecule has 4 aromatic rings. The molecular weight excluding hydrogens is 505 g/mol. The molecule has 4 bridgehead atoms. The van der Waals surface area contributed by atoms with Crippen molar-refractivity contribution in [2.75, 3.05) is 5.32 Å². The number of nitrogens with one attached hydrogen (secondary N) is 2. The molecule has 0 amide bonds. The lowest BCUT2D eigenvalue weighted by atomic mass is 9.54. The van der Waals surface area contributed by atoms with Crippen molar-refractivity contribution in [2.45, 2.75) is 38.1 Å². The molecule has 186 valence electrons. The largest absolute Gasteiger partial charge is 0.365 e. The van der Waals surface area contributed by atoms with E-state index >= 15 is 0 Å². The number of fused-ring (bicyclic) bond motifs is 1. The Morgan fingerprint density at radius 3 is 2.32 bits per heavy atom. The summed E-state index contributed by atoms with van der Waals surface area (Å²) in [4.78, 5) is 16.8. The van der Waals surface area contributed by atoms with Crippen molar-refractivity contribution in [1.82, 2.24) is 14.6 Å². The Kier molecular flexibility index (Phi) is 5.35. The first kappa shape index (κ1) is 22.9. The number of nitriles is 1. The van der Waals surface area contributed by atoms with E-state index in [0.717, 1.165) is 28.5 Å². The fraction of sp³-hybridized carbons (Fsp3) is 0.345. The van der Waals surface area contributed by atoms with E-state index in [0.29, 0.717) is 50.6 Å². The van der Waals surface area contributed by atoms with E-state index < -0.39 is 0 Å². The molecule has 2 aromatic heterocycles. The van der Waals surface area contributed by atoms with Crippen LogP contribution in [0.15, 0.2) is 53.3 Å². The first-order valence-electron chi connectivity index (χ1n) is 12.9. The summed E-state index contributed by atoms with van der Waals surface area (Å²) in [5.41, 5.74) is 3.88. The minimum Gasteiger partial charge on any atom is -0.365 e. The molecule has 6 nitrogen and oxygen atoms in total. The molecule has 37 heavy (non-hydrogen) atoms. The van der Waals surface area contributed by atoms with Gasteiger partial charge in [0.05, 0.1) is 27.9 Å². The normalized spacial score (nSPS) is 25.9. The van der Waals surface area contributed by atoms with Crippen molar-refractivity contribution >= 4 is 34.7 Å². The van der Waals surface area contributed by atoms with Crippen molar-refractivity contribution in [2.24, 2.45) is 23.7 Å². The lowest BCUT2D eigenvalue weighted by Gasteiger charge is -2.54. The zero-order chi connectivity index (χ0) is 25.3. The molecule has 4 aliphatic rings. The molecule has 0 atom stereocenters. The van der Waals surface area contributed by atoms with E-state index in [-0.39, 0.29) is 5.56 Å². The second-order valence-electron chi connectivity index (χ2n) is 10.9. The summed E-state index contributed by atoms with van der Waals surface area (Å²) in [5, 5.41) is 18.8. The molecule has 4 fully saturated rings. The van der Waals surface area contributed by atoms with E-state index in [1.807, 2.05) is 24.3 Å². The SMILES string of the molecule is N#Cc1ccc(-c2cc(=O)n3nc(NC4C5CC6CC(C5)CC4C6)c(-c4ccc(Cl)cc4Cl)c3[nH]2)cc1. The molecule has 0 aliphatic heterocycles. The van der Waals surface area contributed by atoms with Gasteiger partial charge in [-0.15, -0.1) is 5.10 Å². The molecule has 0 spiro atoms. The number of rotatable bonds is 4. The van der Waals surface area contributed by atoms with Gasteiger partial charge < -0.3 is 10.3 Å². The van der Waals surface area contributed by atoms with Crippen molar-refractivity contribution in [3.8, 4) is 28.5 Å². The molecule has 8 rings (SSSR count). The lowest BCUT2D eigenvalue weighted by Crippen LogP contribution is -2.51. The number of hydrogen-bond acceptors (Lipinski definition) is 4. The number of H-pyrrole nitrogens is 1. The molecule has 0 unspecified atom stereocenters. The minimum absolute atomic E-state index is 0.238. The zero-order valence-corrected chi connectivity index (χ0v) is 21.6. The summed E-state index contributed by atoms with van der Waals surface area (Å²) in [6.45, 7) is 0. The molecule has 2 N–H and O–H groups in total. The van der Waals surface area contributed by atoms with Crippen LogP contribution in [0.5, 0.6) is 0 Å². The summed E-state index contributed by atoms with van der Waals surface area (Å²) in [7, 11) is 0. The van der Waals surface area contributed by atoms with E-state index in [1.54, 1.807) is 24.3 Å². The summed E-state index contributed by atoms with van der Waals surface area (Å²) in [6, 6.07) is 16.6. The number of aromatic amines is 1. The van der Waals surface area contributed by atoms with Crippen LogP contribution in [0, 0.1) is 35.0 Å². The predicted octanol–water partition coefficient (Wildman–Crippen LogP) is 6.77. The van der Waals surface area contributed by atoms with Gasteiger partial charge >= 0.3 is 0 Å². The first-order valence-corrected chi connectivity index (χ1v) is 13.6. The standard InChI is InChI=1S/C29H25Cl2N5O/c30-21-5-6-22(23(31)12-21)26-28(34-27-19-8-16-7-17(10-19)11-20(27)9-16)35-36-25(37)13-24(33-29(26)36)18-3-1-15(14-32)2-4-18/h1-6,12-13,16-17,19-20,27,33H,7-11H2,(H,34,35). The van der Waals surface area contributed by atoms with Crippen molar-refractivity contribution in [3.05, 3.63) is 74.5 Å². The Morgan fingerprint density at radius 1 is 0.973 bits per heavy atom. The topological polar surface area (TPSA) is 86.0 Å². The van der Waals surface area contributed by atoms with Gasteiger partial charge in [0.25, 0.3) is 5.56 Å². The molecule has 4 aliphatic carbocycles. The maximum Gasteiger partial charge on any atom is 0.274 e. The van der Waals surface area contributed by atoms with Crippen LogP contribution in [0.25, 0.3) is 28.0 Å². The highest BCUT2D eigenvalue weighted by Crippen LogP contribution is 2.54. The summed E-state index contributed by atoms with van der Waals surface area (Å²) in [5.74, 6) is 3.68. The molecule has 4 saturated carbocycles. The molecule has 0 radical (unpaired) electrons. The predicted molar refractivity (Wildman–Crippen MR) is 146 cm³/mol. The van der Waals surface area contributed by atoms with Crippen LogP contribution in [0.3, 0.4) is 0 Å². The number of halogens is 2. The zero-order valence-electron chi connectivity index (χ0n) is 20.0. The third-order valence-electron chi connectivity index (χ3n) is 8.67. The second kappa shape index (κ2) is 8.65. The van der Waals surface area contributed by atoms with E-state index in [2.05, 4.69) is 16.4 Å². The number of benzene rings is 2. The van der Waals surface area contributed by atoms with Crippen molar-refractivity contribution < 1.29 is 0 Å². The summed E-state index contributed by atoms with van der Waals surface area (Å²) >= 11 is 12.9. The molecule has 8 heteroatoms. The molecule has 0 saturated heterocycles. The van der Waals surface area contributed by atoms with Gasteiger partial charge in [0.15, 0.2) is 5.82 Å². The smallest absolute Gasteiger partial charge is 0.274 e. The van der Waals surface area contributed by atoms with Gasteiger partial charge in [-0.25, -0.2) is 0 Å². The van der Waals surface area contributed by atoms with Crippen LogP contribution < -0.4 is 10.9 Å². The fourth-order valence-corrected chi connectivity index (χ4v) is 7.79. The van der Waals surface area contributed by atoms with Gasteiger partial charge in [0.2, 0.25) is 0 Å². The van der Waals surface area contributed by atoms with Crippen molar-refractivity contribution in [3.63, 3.8) is 0 Å². The molecule has 2 aromatic carbocycles. The maximum atomic E-state index is 13.3. The van der Waals surface area contributed by atoms with Gasteiger partial charge in [0.1, 0.15) is 5.65 Å². The third-order valence-corrected chi connectivity index (χ3v) is 9.22. The third kappa shape index (κ3) is 3.84. The Labute approximate surface area is 224 Å². The average molecular weight is 530 g/mol. The Hall–Kier alpha value is -3.27. The van der Waals surface area contributed by atoms with Gasteiger partial charge in [0, 0.05) is 22.7 Å². The van der Waals surface area contributed by atoms with Crippen LogP contribution in [0.4, 0.5) is 5.82 Å². The second-order valence-corrected chi connectivity index (χ2v) is 11.8. The lowest BCUT2D eigenvalue weighted by molar-refractivity contribution is 0.00742. The molecular formula is C29H25Cl2N5O. The van der Waals surface area contributed by atoms with Gasteiger partial charge in [-0.05, 0) is 85.6 Å². The summed E-state index contributed by atoms with van der Waals surface area (Å²) in [6.07, 6.45) is 6.49. The number of aromatic nitrogens is 3. The van der Waals surface area contributed by atoms with Crippen LogP contribution in [-0.4, -0.2) is 20.6 Å². The maximum absolute atomic E-state index is 13.3. The average Bonchev–Trinajstić information content (AvgIpc) is 3.24. The Morgan fingerprint density at radius 2 is 1.68 bits per heavy atom. The van der Waals surface area contributed by atoms with Gasteiger partial charge in [-0.2, -0.15) is 9.78 Å². The minimum atomic E-state index is -0.238. The number of nitrogens with zero attached hydrogens (tertiary/aromatic N) is 3. The van der Waals surface area contributed by atoms with Crippen molar-refractivity contribution in [1.29, 1.82) is 5.26 Å². The Bertz CT molecular complexity index is 1600. The number of anilines is 1. The van der Waals surface area contributed by atoms with Crippen LogP contribution >= 0.6 is 23.2 Å². The first-order chi connectivity index (χ1) is 18.0. The molecule has 2 heterocycles. The summed E-state index contributed by atoms with van der Waals surface area (Å²) < 4.78 is 1.42.